The van der Waals surface area contributed by atoms with Gasteiger partial charge in [0.25, 0.3) is 0 Å². The Bertz CT molecular complexity index is 425. The molecule has 1 aromatic rings. The Morgan fingerprint density at radius 3 is 2.94 bits per heavy atom. The summed E-state index contributed by atoms with van der Waals surface area (Å²) in [6.07, 6.45) is 0. The molecular formula is C12H15FN2OS. The Kier molecular flexibility index (Phi) is 3.57. The highest BCUT2D eigenvalue weighted by Crippen LogP contribution is 2.38. The molecule has 92 valence electrons. The largest absolute Gasteiger partial charge is 0.331 e. The molecule has 0 bridgehead atoms. The molecule has 1 aromatic carbocycles. The van der Waals surface area contributed by atoms with Gasteiger partial charge in [0.15, 0.2) is 0 Å². The molecule has 17 heavy (non-hydrogen) atoms. The van der Waals surface area contributed by atoms with Crippen molar-refractivity contribution in [2.45, 2.75) is 5.37 Å². The number of urea groups is 1. The number of hydrogen-bond acceptors (Lipinski definition) is 2. The van der Waals surface area contributed by atoms with Crippen molar-refractivity contribution in [2.24, 2.45) is 0 Å². The van der Waals surface area contributed by atoms with Crippen LogP contribution in [0.15, 0.2) is 24.3 Å². The van der Waals surface area contributed by atoms with Crippen LogP contribution >= 0.6 is 11.8 Å². The average Bonchev–Trinajstić information content (AvgIpc) is 2.76. The maximum absolute atomic E-state index is 13.2. The highest BCUT2D eigenvalue weighted by atomic mass is 32.2. The summed E-state index contributed by atoms with van der Waals surface area (Å²) in [5, 5.41) is -0.0689. The van der Waals surface area contributed by atoms with Crippen molar-refractivity contribution in [3.05, 3.63) is 35.6 Å². The summed E-state index contributed by atoms with van der Waals surface area (Å²) in [6.45, 7) is 0.711. The Balaban J connectivity index is 2.23. The first kappa shape index (κ1) is 12.2. The minimum Gasteiger partial charge on any atom is -0.331 e. The number of hydrogen-bond donors (Lipinski definition) is 0. The number of nitrogens with zero attached hydrogens (tertiary/aromatic N) is 2. The van der Waals surface area contributed by atoms with Gasteiger partial charge in [0, 0.05) is 26.4 Å². The van der Waals surface area contributed by atoms with Crippen LogP contribution in [0, 0.1) is 5.82 Å². The molecule has 0 spiro atoms. The summed E-state index contributed by atoms with van der Waals surface area (Å²) in [5.41, 5.74) is 0.850. The predicted molar refractivity (Wildman–Crippen MR) is 67.4 cm³/mol. The molecule has 0 radical (unpaired) electrons. The van der Waals surface area contributed by atoms with E-state index in [2.05, 4.69) is 0 Å². The maximum Gasteiger partial charge on any atom is 0.320 e. The molecule has 0 aromatic heterocycles. The Labute approximate surface area is 105 Å². The number of benzene rings is 1. The summed E-state index contributed by atoms with van der Waals surface area (Å²) in [5.74, 6) is 0.632. The molecule has 2 rings (SSSR count). The fraction of sp³-hybridized carbons (Fsp3) is 0.417. The molecule has 1 fully saturated rings. The Hall–Kier alpha value is -1.23. The highest BCUT2D eigenvalue weighted by molar-refractivity contribution is 7.99. The van der Waals surface area contributed by atoms with Gasteiger partial charge in [0.05, 0.1) is 0 Å². The van der Waals surface area contributed by atoms with Gasteiger partial charge in [0.1, 0.15) is 11.2 Å². The molecule has 1 aliphatic rings. The summed E-state index contributed by atoms with van der Waals surface area (Å²) in [6, 6.07) is 6.44. The Morgan fingerprint density at radius 2 is 2.29 bits per heavy atom. The van der Waals surface area contributed by atoms with E-state index < -0.39 is 0 Å². The number of rotatable bonds is 1. The van der Waals surface area contributed by atoms with Gasteiger partial charge in [-0.15, -0.1) is 11.8 Å². The summed E-state index contributed by atoms with van der Waals surface area (Å²) >= 11 is 1.67. The summed E-state index contributed by atoms with van der Waals surface area (Å²) in [7, 11) is 3.46. The van der Waals surface area contributed by atoms with Crippen LogP contribution in [-0.4, -0.2) is 42.2 Å². The van der Waals surface area contributed by atoms with Gasteiger partial charge < -0.3 is 9.80 Å². The average molecular weight is 254 g/mol. The molecule has 0 aliphatic carbocycles. The Morgan fingerprint density at radius 1 is 1.53 bits per heavy atom. The van der Waals surface area contributed by atoms with Crippen molar-refractivity contribution in [3.8, 4) is 0 Å². The van der Waals surface area contributed by atoms with Crippen molar-refractivity contribution in [3.63, 3.8) is 0 Å². The molecule has 1 saturated heterocycles. The monoisotopic (exact) mass is 254 g/mol. The van der Waals surface area contributed by atoms with E-state index >= 15 is 0 Å². The molecule has 0 saturated carbocycles. The van der Waals surface area contributed by atoms with Gasteiger partial charge in [-0.2, -0.15) is 0 Å². The lowest BCUT2D eigenvalue weighted by atomic mass is 10.2. The number of thioether (sulfide) groups is 1. The van der Waals surface area contributed by atoms with E-state index in [0.29, 0.717) is 6.54 Å². The highest BCUT2D eigenvalue weighted by Gasteiger charge is 2.31. The van der Waals surface area contributed by atoms with E-state index in [1.54, 1.807) is 41.7 Å². The molecular weight excluding hydrogens is 239 g/mol. The molecule has 0 unspecified atom stereocenters. The lowest BCUT2D eigenvalue weighted by Gasteiger charge is -2.27. The van der Waals surface area contributed by atoms with Gasteiger partial charge in [0.2, 0.25) is 0 Å². The number of halogens is 1. The second-order valence-electron chi connectivity index (χ2n) is 4.15. The van der Waals surface area contributed by atoms with Crippen molar-refractivity contribution < 1.29 is 9.18 Å². The third kappa shape index (κ3) is 2.54. The predicted octanol–water partition coefficient (Wildman–Crippen LogP) is 2.55. The van der Waals surface area contributed by atoms with Crippen molar-refractivity contribution >= 4 is 17.8 Å². The van der Waals surface area contributed by atoms with Crippen LogP contribution in [0.2, 0.25) is 0 Å². The first-order valence-electron chi connectivity index (χ1n) is 5.44. The molecule has 5 heteroatoms. The quantitative estimate of drug-likeness (QED) is 0.769. The zero-order valence-electron chi connectivity index (χ0n) is 9.89. The van der Waals surface area contributed by atoms with Gasteiger partial charge in [-0.3, -0.25) is 0 Å². The van der Waals surface area contributed by atoms with Crippen LogP contribution in [0.25, 0.3) is 0 Å². The maximum atomic E-state index is 13.2. The van der Waals surface area contributed by atoms with E-state index in [1.807, 2.05) is 6.07 Å². The standard InChI is InChI=1S/C12H15FN2OS/c1-14(2)12(16)15-6-7-17-11(15)9-4-3-5-10(13)8-9/h3-5,8,11H,6-7H2,1-2H3/t11-/m0/s1. The third-order valence-electron chi connectivity index (χ3n) is 2.65. The van der Waals surface area contributed by atoms with Crippen LogP contribution in [-0.2, 0) is 0 Å². The van der Waals surface area contributed by atoms with Crippen molar-refractivity contribution in [1.29, 1.82) is 0 Å². The van der Waals surface area contributed by atoms with Gasteiger partial charge in [-0.1, -0.05) is 12.1 Å². The topological polar surface area (TPSA) is 23.6 Å². The molecule has 1 atom stereocenters. The van der Waals surface area contributed by atoms with Crippen molar-refractivity contribution in [2.75, 3.05) is 26.4 Å². The normalized spacial score (nSPS) is 19.5. The SMILES string of the molecule is CN(C)C(=O)N1CCS[C@H]1c1cccc(F)c1. The van der Waals surface area contributed by atoms with E-state index in [4.69, 9.17) is 0 Å². The molecule has 3 nitrogen and oxygen atoms in total. The second kappa shape index (κ2) is 4.96. The van der Waals surface area contributed by atoms with Crippen LogP contribution in [0.4, 0.5) is 9.18 Å². The van der Waals surface area contributed by atoms with Gasteiger partial charge in [-0.05, 0) is 17.7 Å². The van der Waals surface area contributed by atoms with Gasteiger partial charge >= 0.3 is 6.03 Å². The van der Waals surface area contributed by atoms with Crippen LogP contribution < -0.4 is 0 Å². The van der Waals surface area contributed by atoms with Gasteiger partial charge in [-0.25, -0.2) is 9.18 Å². The van der Waals surface area contributed by atoms with E-state index in [0.717, 1.165) is 11.3 Å². The first-order chi connectivity index (χ1) is 8.09. The lowest BCUT2D eigenvalue weighted by Crippen LogP contribution is -2.38. The lowest BCUT2D eigenvalue weighted by molar-refractivity contribution is 0.173. The summed E-state index contributed by atoms with van der Waals surface area (Å²) < 4.78 is 13.2. The summed E-state index contributed by atoms with van der Waals surface area (Å²) in [4.78, 5) is 15.3. The minimum atomic E-state index is -0.257. The molecule has 0 N–H and O–H groups in total. The minimum absolute atomic E-state index is 0.0238. The number of carbonyl (C=O) groups is 1. The fourth-order valence-corrected chi connectivity index (χ4v) is 3.10. The zero-order valence-corrected chi connectivity index (χ0v) is 10.7. The number of amides is 2. The second-order valence-corrected chi connectivity index (χ2v) is 5.34. The van der Waals surface area contributed by atoms with Crippen molar-refractivity contribution in [1.82, 2.24) is 9.80 Å². The van der Waals surface area contributed by atoms with Crippen LogP contribution in [0.3, 0.4) is 0 Å². The van der Waals surface area contributed by atoms with E-state index in [1.165, 1.54) is 12.1 Å². The molecule has 1 heterocycles. The van der Waals surface area contributed by atoms with Crippen LogP contribution in [0.5, 0.6) is 0 Å². The zero-order chi connectivity index (χ0) is 12.4. The smallest absolute Gasteiger partial charge is 0.320 e. The van der Waals surface area contributed by atoms with E-state index in [-0.39, 0.29) is 17.2 Å². The third-order valence-corrected chi connectivity index (χ3v) is 3.91. The molecule has 1 aliphatic heterocycles. The fourth-order valence-electron chi connectivity index (χ4n) is 1.86. The van der Waals surface area contributed by atoms with E-state index in [9.17, 15) is 9.18 Å². The van der Waals surface area contributed by atoms with Crippen LogP contribution in [0.1, 0.15) is 10.9 Å². The molecule has 2 amide bonds. The number of carbonyl (C=O) groups excluding carboxylic acids is 1. The first-order valence-corrected chi connectivity index (χ1v) is 6.49.